The lowest BCUT2D eigenvalue weighted by atomic mass is 9.86. The average Bonchev–Trinajstić information content (AvgIpc) is 2.12. The van der Waals surface area contributed by atoms with Gasteiger partial charge >= 0.3 is 0 Å². The Bertz CT molecular complexity index is 246. The van der Waals surface area contributed by atoms with Gasteiger partial charge in [-0.3, -0.25) is 9.59 Å². The highest BCUT2D eigenvalue weighted by atomic mass is 16.3. The van der Waals surface area contributed by atoms with Crippen LogP contribution in [0.3, 0.4) is 0 Å². The number of rotatable bonds is 5. The lowest BCUT2D eigenvalue weighted by Gasteiger charge is -2.29. The number of hydrogen-bond donors (Lipinski definition) is 3. The molecule has 0 aliphatic carbocycles. The van der Waals surface area contributed by atoms with Crippen LogP contribution in [0.15, 0.2) is 0 Å². The van der Waals surface area contributed by atoms with Crippen LogP contribution >= 0.6 is 0 Å². The third-order valence-electron chi connectivity index (χ3n) is 2.11. The average molecular weight is 230 g/mol. The number of aliphatic hydroxyl groups is 1. The highest BCUT2D eigenvalue weighted by Crippen LogP contribution is 2.19. The third-order valence-corrected chi connectivity index (χ3v) is 2.11. The van der Waals surface area contributed by atoms with Crippen LogP contribution in [0.5, 0.6) is 0 Å². The van der Waals surface area contributed by atoms with Crippen molar-refractivity contribution in [2.24, 2.45) is 5.41 Å². The molecule has 0 radical (unpaired) electrons. The van der Waals surface area contributed by atoms with E-state index < -0.39 is 6.04 Å². The number of aliphatic hydroxyl groups excluding tert-OH is 1. The molecule has 16 heavy (non-hydrogen) atoms. The van der Waals surface area contributed by atoms with Gasteiger partial charge in [-0.15, -0.1) is 0 Å². The van der Waals surface area contributed by atoms with Gasteiger partial charge in [-0.05, 0) is 11.8 Å². The van der Waals surface area contributed by atoms with Gasteiger partial charge in [0, 0.05) is 20.1 Å². The Morgan fingerprint density at radius 2 is 1.88 bits per heavy atom. The summed E-state index contributed by atoms with van der Waals surface area (Å²) in [6, 6.07) is -0.552. The van der Waals surface area contributed by atoms with E-state index >= 15 is 0 Å². The molecule has 3 N–H and O–H groups in total. The van der Waals surface area contributed by atoms with Gasteiger partial charge in [0.15, 0.2) is 0 Å². The molecule has 1 atom stereocenters. The molecule has 0 aromatic heterocycles. The van der Waals surface area contributed by atoms with Gasteiger partial charge in [0.25, 0.3) is 0 Å². The quantitative estimate of drug-likeness (QED) is 0.583. The zero-order valence-electron chi connectivity index (χ0n) is 10.5. The Balaban J connectivity index is 4.39. The summed E-state index contributed by atoms with van der Waals surface area (Å²) >= 11 is 0. The molecule has 94 valence electrons. The zero-order valence-corrected chi connectivity index (χ0v) is 10.5. The Labute approximate surface area is 96.6 Å². The smallest absolute Gasteiger partial charge is 0.243 e. The molecule has 2 amide bonds. The molecule has 0 unspecified atom stereocenters. The summed E-state index contributed by atoms with van der Waals surface area (Å²) in [6.45, 7) is 7.51. The summed E-state index contributed by atoms with van der Waals surface area (Å²) in [6.07, 6.45) is 0.517. The monoisotopic (exact) mass is 230 g/mol. The van der Waals surface area contributed by atoms with Crippen LogP contribution in [0.4, 0.5) is 0 Å². The molecule has 0 aromatic rings. The fourth-order valence-electron chi connectivity index (χ4n) is 1.27. The van der Waals surface area contributed by atoms with E-state index in [9.17, 15) is 9.59 Å². The highest BCUT2D eigenvalue weighted by molar-refractivity contribution is 5.87. The summed E-state index contributed by atoms with van der Waals surface area (Å²) in [5.41, 5.74) is -0.338. The van der Waals surface area contributed by atoms with E-state index in [4.69, 9.17) is 5.11 Å². The van der Waals surface area contributed by atoms with Gasteiger partial charge in [-0.25, -0.2) is 0 Å². The molecule has 5 nitrogen and oxygen atoms in total. The molecule has 0 aliphatic heterocycles. The van der Waals surface area contributed by atoms with Crippen molar-refractivity contribution in [1.29, 1.82) is 0 Å². The molecule has 0 fully saturated rings. The summed E-state index contributed by atoms with van der Waals surface area (Å²) in [7, 11) is 0. The molecule has 0 aliphatic rings. The van der Waals surface area contributed by atoms with Crippen LogP contribution < -0.4 is 10.6 Å². The molecule has 0 saturated heterocycles. The number of hydrogen-bond acceptors (Lipinski definition) is 3. The van der Waals surface area contributed by atoms with Crippen molar-refractivity contribution < 1.29 is 14.7 Å². The van der Waals surface area contributed by atoms with Gasteiger partial charge in [0.05, 0.1) is 0 Å². The van der Waals surface area contributed by atoms with E-state index in [1.165, 1.54) is 6.92 Å². The normalized spacial score (nSPS) is 13.1. The van der Waals surface area contributed by atoms with Crippen molar-refractivity contribution in [2.75, 3.05) is 13.2 Å². The van der Waals surface area contributed by atoms with Crippen molar-refractivity contribution in [3.05, 3.63) is 0 Å². The van der Waals surface area contributed by atoms with Crippen molar-refractivity contribution in [2.45, 2.75) is 40.2 Å². The molecule has 0 saturated carbocycles. The summed E-state index contributed by atoms with van der Waals surface area (Å²) < 4.78 is 0. The van der Waals surface area contributed by atoms with Gasteiger partial charge < -0.3 is 15.7 Å². The largest absolute Gasteiger partial charge is 0.396 e. The topological polar surface area (TPSA) is 78.4 Å². The van der Waals surface area contributed by atoms with Crippen LogP contribution in [0.1, 0.15) is 34.1 Å². The van der Waals surface area contributed by atoms with Crippen molar-refractivity contribution in [1.82, 2.24) is 10.6 Å². The molecule has 0 aromatic carbocycles. The molecule has 5 heteroatoms. The summed E-state index contributed by atoms with van der Waals surface area (Å²) in [5.74, 6) is -0.437. The standard InChI is InChI=1S/C11H22N2O3/c1-8(15)13-9(11(2,3)4)10(16)12-6-5-7-14/h9,14H,5-7H2,1-4H3,(H,12,16)(H,13,15)/t9-/m1/s1. The van der Waals surface area contributed by atoms with E-state index in [0.717, 1.165) is 0 Å². The van der Waals surface area contributed by atoms with Gasteiger partial charge in [-0.2, -0.15) is 0 Å². The van der Waals surface area contributed by atoms with Gasteiger partial charge in [0.1, 0.15) is 6.04 Å². The maximum absolute atomic E-state index is 11.8. The van der Waals surface area contributed by atoms with Crippen molar-refractivity contribution in [3.8, 4) is 0 Å². The van der Waals surface area contributed by atoms with Crippen molar-refractivity contribution >= 4 is 11.8 Å². The second-order valence-electron chi connectivity index (χ2n) is 4.87. The second kappa shape index (κ2) is 6.48. The Morgan fingerprint density at radius 1 is 1.31 bits per heavy atom. The molecule has 0 rings (SSSR count). The summed E-state index contributed by atoms with van der Waals surface area (Å²) in [5, 5.41) is 13.9. The van der Waals surface area contributed by atoms with Crippen molar-refractivity contribution in [3.63, 3.8) is 0 Å². The minimum atomic E-state index is -0.552. The highest BCUT2D eigenvalue weighted by Gasteiger charge is 2.31. The van der Waals surface area contributed by atoms with E-state index in [1.807, 2.05) is 20.8 Å². The molecule has 0 bridgehead atoms. The predicted molar refractivity (Wildman–Crippen MR) is 61.8 cm³/mol. The van der Waals surface area contributed by atoms with Crippen LogP contribution in [0, 0.1) is 5.41 Å². The maximum Gasteiger partial charge on any atom is 0.243 e. The fraction of sp³-hybridized carbons (Fsp3) is 0.818. The second-order valence-corrected chi connectivity index (χ2v) is 4.87. The van der Waals surface area contributed by atoms with Crippen LogP contribution in [0.2, 0.25) is 0 Å². The van der Waals surface area contributed by atoms with E-state index in [0.29, 0.717) is 13.0 Å². The third kappa shape index (κ3) is 5.70. The minimum absolute atomic E-state index is 0.0423. The zero-order chi connectivity index (χ0) is 12.8. The first-order chi connectivity index (χ1) is 7.29. The van der Waals surface area contributed by atoms with Crippen LogP contribution in [-0.2, 0) is 9.59 Å². The Morgan fingerprint density at radius 3 is 2.25 bits per heavy atom. The van der Waals surface area contributed by atoms with E-state index in [-0.39, 0.29) is 23.8 Å². The Hall–Kier alpha value is -1.10. The summed E-state index contributed by atoms with van der Waals surface area (Å²) in [4.78, 5) is 22.8. The minimum Gasteiger partial charge on any atom is -0.396 e. The number of carbonyl (C=O) groups is 2. The number of nitrogens with one attached hydrogen (secondary N) is 2. The molecular formula is C11H22N2O3. The first kappa shape index (κ1) is 14.9. The van der Waals surface area contributed by atoms with E-state index in [2.05, 4.69) is 10.6 Å². The Kier molecular flexibility index (Phi) is 6.03. The first-order valence-corrected chi connectivity index (χ1v) is 5.44. The molecule has 0 heterocycles. The van der Waals surface area contributed by atoms with Gasteiger partial charge in [-0.1, -0.05) is 20.8 Å². The van der Waals surface area contributed by atoms with Crippen LogP contribution in [0.25, 0.3) is 0 Å². The maximum atomic E-state index is 11.8. The fourth-order valence-corrected chi connectivity index (χ4v) is 1.27. The molecule has 0 spiro atoms. The molecular weight excluding hydrogens is 208 g/mol. The predicted octanol–water partition coefficient (Wildman–Crippen LogP) is 0.0358. The van der Waals surface area contributed by atoms with Gasteiger partial charge in [0.2, 0.25) is 11.8 Å². The van der Waals surface area contributed by atoms with Crippen LogP contribution in [-0.4, -0.2) is 36.1 Å². The first-order valence-electron chi connectivity index (χ1n) is 5.44. The lowest BCUT2D eigenvalue weighted by Crippen LogP contribution is -2.53. The van der Waals surface area contributed by atoms with E-state index in [1.54, 1.807) is 0 Å². The SMILES string of the molecule is CC(=O)N[C@H](C(=O)NCCCO)C(C)(C)C. The lowest BCUT2D eigenvalue weighted by molar-refractivity contribution is -0.130. The number of amides is 2. The number of carbonyl (C=O) groups excluding carboxylic acids is 2.